The molecule has 1 rings (SSSR count). The van der Waals surface area contributed by atoms with Crippen molar-refractivity contribution in [1.82, 2.24) is 0 Å². The topological polar surface area (TPSA) is 63.6 Å². The zero-order valence-electron chi connectivity index (χ0n) is 13.2. The minimum absolute atomic E-state index is 0.173. The molecule has 0 aliphatic rings. The summed E-state index contributed by atoms with van der Waals surface area (Å²) >= 11 is 0. The summed E-state index contributed by atoms with van der Waals surface area (Å²) in [5.41, 5.74) is 1.06. The second kappa shape index (κ2) is 7.25. The number of carboxylic acids is 1. The lowest BCUT2D eigenvalue weighted by molar-refractivity contribution is -0.162. The van der Waals surface area contributed by atoms with Gasteiger partial charge in [0.25, 0.3) is 0 Å². The van der Waals surface area contributed by atoms with E-state index in [-0.39, 0.29) is 18.9 Å². The van der Waals surface area contributed by atoms with E-state index < -0.39 is 17.4 Å². The summed E-state index contributed by atoms with van der Waals surface area (Å²) in [5.74, 6) is -1.20. The first kappa shape index (κ1) is 17.2. The van der Waals surface area contributed by atoms with E-state index in [1.165, 1.54) is 0 Å². The van der Waals surface area contributed by atoms with Gasteiger partial charge in [0.05, 0.1) is 11.8 Å². The van der Waals surface area contributed by atoms with Crippen molar-refractivity contribution in [3.63, 3.8) is 0 Å². The summed E-state index contributed by atoms with van der Waals surface area (Å²) < 4.78 is 5.33. The van der Waals surface area contributed by atoms with Crippen LogP contribution in [0.3, 0.4) is 0 Å². The molecule has 0 saturated carbocycles. The molecule has 0 aliphatic carbocycles. The number of esters is 1. The number of aliphatic carboxylic acids is 1. The molecule has 1 aromatic carbocycles. The highest BCUT2D eigenvalue weighted by atomic mass is 16.5. The van der Waals surface area contributed by atoms with Gasteiger partial charge >= 0.3 is 11.9 Å². The Labute approximate surface area is 126 Å². The second-order valence-electron chi connectivity index (χ2n) is 6.29. The zero-order chi connectivity index (χ0) is 16.0. The summed E-state index contributed by atoms with van der Waals surface area (Å²) in [5, 5.41) is 9.02. The average molecular weight is 292 g/mol. The van der Waals surface area contributed by atoms with Gasteiger partial charge in [0.2, 0.25) is 0 Å². The van der Waals surface area contributed by atoms with Crippen molar-refractivity contribution in [3.8, 4) is 0 Å². The largest absolute Gasteiger partial charge is 0.481 e. The van der Waals surface area contributed by atoms with Gasteiger partial charge in [-0.2, -0.15) is 0 Å². The molecular formula is C17H24O4. The first-order valence-electron chi connectivity index (χ1n) is 7.17. The van der Waals surface area contributed by atoms with Crippen molar-refractivity contribution in [2.45, 2.75) is 47.1 Å². The van der Waals surface area contributed by atoms with Crippen LogP contribution in [0.1, 0.15) is 44.7 Å². The molecule has 4 nitrogen and oxygen atoms in total. The van der Waals surface area contributed by atoms with E-state index in [0.717, 1.165) is 11.1 Å². The molecule has 1 N–H and O–H groups in total. The maximum absolute atomic E-state index is 12.3. The third-order valence-electron chi connectivity index (χ3n) is 3.38. The number of carbonyl (C=O) groups is 2. The van der Waals surface area contributed by atoms with Crippen LogP contribution in [0.2, 0.25) is 0 Å². The lowest BCUT2D eigenvalue weighted by atomic mass is 9.79. The fourth-order valence-electron chi connectivity index (χ4n) is 2.47. The first-order valence-corrected chi connectivity index (χ1v) is 7.17. The number of aryl methyl sites for hydroxylation is 1. The Bertz CT molecular complexity index is 490. The average Bonchev–Trinajstić information content (AvgIpc) is 2.35. The fourth-order valence-corrected chi connectivity index (χ4v) is 2.47. The molecule has 4 heteroatoms. The highest BCUT2D eigenvalue weighted by Crippen LogP contribution is 2.32. The van der Waals surface area contributed by atoms with Crippen LogP contribution in [0.4, 0.5) is 0 Å². The Kier molecular flexibility index (Phi) is 5.94. The van der Waals surface area contributed by atoms with Crippen molar-refractivity contribution in [3.05, 3.63) is 35.4 Å². The molecule has 116 valence electrons. The molecule has 1 aromatic rings. The Balaban J connectivity index is 2.72. The predicted octanol–water partition coefficient (Wildman–Crippen LogP) is 3.57. The number of hydrogen-bond acceptors (Lipinski definition) is 3. The van der Waals surface area contributed by atoms with Gasteiger partial charge in [0, 0.05) is 0 Å². The Morgan fingerprint density at radius 2 is 1.81 bits per heavy atom. The van der Waals surface area contributed by atoms with Gasteiger partial charge in [-0.3, -0.25) is 9.59 Å². The van der Waals surface area contributed by atoms with Crippen LogP contribution in [-0.2, 0) is 20.9 Å². The van der Waals surface area contributed by atoms with Gasteiger partial charge in [-0.15, -0.1) is 0 Å². The molecule has 21 heavy (non-hydrogen) atoms. The standard InChI is InChI=1S/C17H24O4/c1-12(2)9-17(4,10-15(18)19)16(20)21-11-14-7-5-13(3)6-8-14/h5-8,12H,9-11H2,1-4H3,(H,18,19). The number of hydrogen-bond donors (Lipinski definition) is 1. The van der Waals surface area contributed by atoms with E-state index in [1.54, 1.807) is 6.92 Å². The maximum Gasteiger partial charge on any atom is 0.312 e. The Hall–Kier alpha value is -1.84. The number of ether oxygens (including phenoxy) is 1. The first-order chi connectivity index (χ1) is 9.73. The zero-order valence-corrected chi connectivity index (χ0v) is 13.2. The molecule has 0 saturated heterocycles. The monoisotopic (exact) mass is 292 g/mol. The number of carboxylic acid groups (broad SMARTS) is 1. The van der Waals surface area contributed by atoms with Crippen LogP contribution < -0.4 is 0 Å². The SMILES string of the molecule is Cc1ccc(COC(=O)C(C)(CC(=O)O)CC(C)C)cc1. The summed E-state index contributed by atoms with van der Waals surface area (Å²) in [6.07, 6.45) is 0.282. The molecule has 0 aliphatic heterocycles. The van der Waals surface area contributed by atoms with Gasteiger partial charge in [-0.1, -0.05) is 43.7 Å². The van der Waals surface area contributed by atoms with E-state index in [9.17, 15) is 9.59 Å². The minimum Gasteiger partial charge on any atom is -0.481 e. The highest BCUT2D eigenvalue weighted by molar-refractivity contribution is 5.82. The van der Waals surface area contributed by atoms with Crippen LogP contribution >= 0.6 is 0 Å². The number of benzene rings is 1. The third-order valence-corrected chi connectivity index (χ3v) is 3.38. The molecule has 0 aromatic heterocycles. The van der Waals surface area contributed by atoms with Crippen LogP contribution in [0.5, 0.6) is 0 Å². The van der Waals surface area contributed by atoms with E-state index in [1.807, 2.05) is 45.0 Å². The third kappa shape index (κ3) is 5.58. The van der Waals surface area contributed by atoms with Gasteiger partial charge in [0.15, 0.2) is 0 Å². The van der Waals surface area contributed by atoms with Crippen LogP contribution in [-0.4, -0.2) is 17.0 Å². The van der Waals surface area contributed by atoms with Gasteiger partial charge in [-0.25, -0.2) is 0 Å². The van der Waals surface area contributed by atoms with Crippen molar-refractivity contribution in [1.29, 1.82) is 0 Å². The number of carbonyl (C=O) groups excluding carboxylic acids is 1. The van der Waals surface area contributed by atoms with Crippen LogP contribution in [0, 0.1) is 18.3 Å². The molecule has 0 amide bonds. The van der Waals surface area contributed by atoms with E-state index in [0.29, 0.717) is 6.42 Å². The second-order valence-corrected chi connectivity index (χ2v) is 6.29. The minimum atomic E-state index is -0.981. The molecule has 0 heterocycles. The molecule has 0 radical (unpaired) electrons. The summed E-state index contributed by atoms with van der Waals surface area (Å²) in [6, 6.07) is 7.71. The van der Waals surface area contributed by atoms with Crippen molar-refractivity contribution < 1.29 is 19.4 Å². The highest BCUT2D eigenvalue weighted by Gasteiger charge is 2.37. The molecule has 1 unspecified atom stereocenters. The molecular weight excluding hydrogens is 268 g/mol. The summed E-state index contributed by atoms with van der Waals surface area (Å²) in [4.78, 5) is 23.3. The fraction of sp³-hybridized carbons (Fsp3) is 0.529. The van der Waals surface area contributed by atoms with E-state index in [4.69, 9.17) is 9.84 Å². The van der Waals surface area contributed by atoms with E-state index >= 15 is 0 Å². The Morgan fingerprint density at radius 3 is 2.29 bits per heavy atom. The lowest BCUT2D eigenvalue weighted by Gasteiger charge is -2.27. The van der Waals surface area contributed by atoms with Crippen LogP contribution in [0.15, 0.2) is 24.3 Å². The van der Waals surface area contributed by atoms with Gasteiger partial charge < -0.3 is 9.84 Å². The quantitative estimate of drug-likeness (QED) is 0.780. The van der Waals surface area contributed by atoms with Crippen LogP contribution in [0.25, 0.3) is 0 Å². The van der Waals surface area contributed by atoms with Gasteiger partial charge in [-0.05, 0) is 31.7 Å². The molecule has 0 fully saturated rings. The summed E-state index contributed by atoms with van der Waals surface area (Å²) in [6.45, 7) is 7.76. The molecule has 1 atom stereocenters. The van der Waals surface area contributed by atoms with Crippen molar-refractivity contribution in [2.24, 2.45) is 11.3 Å². The number of rotatable bonds is 7. The smallest absolute Gasteiger partial charge is 0.312 e. The normalized spacial score (nSPS) is 13.8. The predicted molar refractivity (Wildman–Crippen MR) is 80.8 cm³/mol. The lowest BCUT2D eigenvalue weighted by Crippen LogP contribution is -2.33. The maximum atomic E-state index is 12.3. The van der Waals surface area contributed by atoms with E-state index in [2.05, 4.69) is 0 Å². The van der Waals surface area contributed by atoms with Gasteiger partial charge in [0.1, 0.15) is 6.61 Å². The molecule has 0 spiro atoms. The molecule has 0 bridgehead atoms. The van der Waals surface area contributed by atoms with Crippen molar-refractivity contribution in [2.75, 3.05) is 0 Å². The Morgan fingerprint density at radius 1 is 1.24 bits per heavy atom. The summed E-state index contributed by atoms with van der Waals surface area (Å²) in [7, 11) is 0. The van der Waals surface area contributed by atoms with Crippen molar-refractivity contribution >= 4 is 11.9 Å².